The van der Waals surface area contributed by atoms with E-state index in [1.165, 1.54) is 28.6 Å². The molecule has 1 fully saturated rings. The molecule has 0 unspecified atom stereocenters. The predicted molar refractivity (Wildman–Crippen MR) is 117 cm³/mol. The van der Waals surface area contributed by atoms with Crippen molar-refractivity contribution in [1.29, 1.82) is 0 Å². The van der Waals surface area contributed by atoms with E-state index in [0.29, 0.717) is 13.1 Å². The van der Waals surface area contributed by atoms with Crippen molar-refractivity contribution in [3.8, 4) is 0 Å². The quantitative estimate of drug-likeness (QED) is 0.493. The fourth-order valence-electron chi connectivity index (χ4n) is 3.12. The molecule has 0 bridgehead atoms. The Balaban J connectivity index is 1.63. The van der Waals surface area contributed by atoms with Crippen molar-refractivity contribution in [2.45, 2.75) is 30.6 Å². The van der Waals surface area contributed by atoms with Crippen LogP contribution in [0.3, 0.4) is 0 Å². The number of hydrogen-bond donors (Lipinski definition) is 1. The molecule has 1 aromatic heterocycles. The highest BCUT2D eigenvalue weighted by Gasteiger charge is 2.25. The number of nitrogens with one attached hydrogen (secondary N) is 1. The lowest BCUT2D eigenvalue weighted by Gasteiger charge is -2.20. The van der Waals surface area contributed by atoms with Gasteiger partial charge in [0.05, 0.1) is 9.92 Å². The van der Waals surface area contributed by atoms with Crippen molar-refractivity contribution in [2.24, 2.45) is 0 Å². The van der Waals surface area contributed by atoms with Gasteiger partial charge in [0, 0.05) is 18.8 Å². The highest BCUT2D eigenvalue weighted by atomic mass is 35.5. The lowest BCUT2D eigenvalue weighted by atomic mass is 10.2. The number of rotatable bonds is 6. The fourth-order valence-corrected chi connectivity index (χ4v) is 5.02. The van der Waals surface area contributed by atoms with Crippen LogP contribution in [0, 0.1) is 0 Å². The van der Waals surface area contributed by atoms with Gasteiger partial charge in [-0.2, -0.15) is 4.31 Å². The maximum atomic E-state index is 12.9. The topological polar surface area (TPSA) is 106 Å². The van der Waals surface area contributed by atoms with Gasteiger partial charge in [0.25, 0.3) is 5.91 Å². The highest BCUT2D eigenvalue weighted by molar-refractivity contribution is 7.89. The molecule has 11 heteroatoms. The Morgan fingerprint density at radius 3 is 2.48 bits per heavy atom. The number of halogens is 2. The maximum absolute atomic E-state index is 12.9. The summed E-state index contributed by atoms with van der Waals surface area (Å²) in [4.78, 5) is 28.1. The summed E-state index contributed by atoms with van der Waals surface area (Å²) in [6.45, 7) is 0.358. The van der Waals surface area contributed by atoms with Crippen molar-refractivity contribution < 1.29 is 22.7 Å². The van der Waals surface area contributed by atoms with Crippen molar-refractivity contribution in [3.63, 3.8) is 0 Å². The third-order valence-corrected chi connectivity index (χ3v) is 7.07. The van der Waals surface area contributed by atoms with Crippen LogP contribution in [0.15, 0.2) is 41.3 Å². The molecule has 1 saturated heterocycles. The third kappa shape index (κ3) is 6.16. The molecule has 2 aromatic rings. The summed E-state index contributed by atoms with van der Waals surface area (Å²) >= 11 is 11.6. The minimum absolute atomic E-state index is 0.0428. The van der Waals surface area contributed by atoms with Crippen LogP contribution in [-0.2, 0) is 19.6 Å². The second kappa shape index (κ2) is 10.4. The zero-order valence-corrected chi connectivity index (χ0v) is 18.8. The Morgan fingerprint density at radius 1 is 1.06 bits per heavy atom. The van der Waals surface area contributed by atoms with E-state index in [1.54, 1.807) is 12.1 Å². The van der Waals surface area contributed by atoms with Crippen LogP contribution in [0.1, 0.15) is 36.2 Å². The number of anilines is 1. The average Bonchev–Trinajstić information content (AvgIpc) is 3.04. The van der Waals surface area contributed by atoms with Crippen LogP contribution < -0.4 is 5.32 Å². The summed E-state index contributed by atoms with van der Waals surface area (Å²) < 4.78 is 32.2. The highest BCUT2D eigenvalue weighted by Crippen LogP contribution is 2.23. The summed E-state index contributed by atoms with van der Waals surface area (Å²) in [6.07, 6.45) is 3.67. The fraction of sp³-hybridized carbons (Fsp3) is 0.350. The van der Waals surface area contributed by atoms with Crippen molar-refractivity contribution in [1.82, 2.24) is 9.29 Å². The summed E-state index contributed by atoms with van der Waals surface area (Å²) in [5.74, 6) is -1.55. The smallest absolute Gasteiger partial charge is 0.359 e. The monoisotopic (exact) mass is 485 g/mol. The van der Waals surface area contributed by atoms with Gasteiger partial charge in [-0.1, -0.05) is 42.1 Å². The molecule has 31 heavy (non-hydrogen) atoms. The van der Waals surface area contributed by atoms with E-state index in [9.17, 15) is 18.0 Å². The maximum Gasteiger partial charge on any atom is 0.359 e. The van der Waals surface area contributed by atoms with Gasteiger partial charge < -0.3 is 10.1 Å². The molecule has 8 nitrogen and oxygen atoms in total. The summed E-state index contributed by atoms with van der Waals surface area (Å²) in [5.41, 5.74) is 0.0726. The predicted octanol–water partition coefficient (Wildman–Crippen LogP) is 3.75. The van der Waals surface area contributed by atoms with Gasteiger partial charge in [-0.3, -0.25) is 4.79 Å². The van der Waals surface area contributed by atoms with Crippen LogP contribution in [0.2, 0.25) is 10.2 Å². The normalized spacial score (nSPS) is 15.2. The molecule has 0 radical (unpaired) electrons. The molecule has 1 amide bonds. The zero-order valence-electron chi connectivity index (χ0n) is 16.5. The van der Waals surface area contributed by atoms with E-state index >= 15 is 0 Å². The number of nitrogens with zero attached hydrogens (tertiary/aromatic N) is 2. The molecular weight excluding hydrogens is 465 g/mol. The van der Waals surface area contributed by atoms with E-state index in [4.69, 9.17) is 27.9 Å². The Hall–Kier alpha value is -2.20. The number of hydrogen-bond acceptors (Lipinski definition) is 6. The number of amides is 1. The van der Waals surface area contributed by atoms with E-state index in [1.807, 2.05) is 0 Å². The molecule has 0 aliphatic carbocycles. The molecule has 1 aliphatic rings. The molecule has 2 heterocycles. The molecule has 1 aromatic carbocycles. The Labute approximate surface area is 190 Å². The molecule has 0 atom stereocenters. The molecule has 0 spiro atoms. The van der Waals surface area contributed by atoms with Gasteiger partial charge in [-0.05, 0) is 43.2 Å². The van der Waals surface area contributed by atoms with Crippen LogP contribution in [0.5, 0.6) is 0 Å². The number of esters is 1. The molecule has 1 aliphatic heterocycles. The number of benzene rings is 1. The number of carbonyl (C=O) groups excluding carboxylic acids is 2. The van der Waals surface area contributed by atoms with Crippen LogP contribution >= 0.6 is 23.2 Å². The number of aromatic nitrogens is 1. The van der Waals surface area contributed by atoms with Crippen LogP contribution in [0.25, 0.3) is 0 Å². The number of pyridine rings is 1. The second-order valence-corrected chi connectivity index (χ2v) is 9.67. The minimum Gasteiger partial charge on any atom is -0.451 e. The lowest BCUT2D eigenvalue weighted by molar-refractivity contribution is -0.119. The van der Waals surface area contributed by atoms with Crippen molar-refractivity contribution in [3.05, 3.63) is 52.3 Å². The Morgan fingerprint density at radius 2 is 1.77 bits per heavy atom. The van der Waals surface area contributed by atoms with E-state index in [2.05, 4.69) is 10.3 Å². The van der Waals surface area contributed by atoms with Gasteiger partial charge in [-0.25, -0.2) is 18.2 Å². The zero-order chi connectivity index (χ0) is 22.4. The number of sulfonamides is 1. The number of carbonyl (C=O) groups is 2. The van der Waals surface area contributed by atoms with Gasteiger partial charge in [0.15, 0.2) is 12.3 Å². The van der Waals surface area contributed by atoms with E-state index < -0.39 is 28.5 Å². The molecule has 1 N–H and O–H groups in total. The first-order valence-electron chi connectivity index (χ1n) is 9.66. The standard InChI is InChI=1S/C20H21Cl2N3O5S/c21-16-8-9-17(22)24-19(16)20(27)30-13-18(26)23-14-6-5-7-15(12-14)31(28,29)25-10-3-1-2-4-11-25/h5-9,12H,1-4,10-11,13H2,(H,23,26). The molecule has 166 valence electrons. The Kier molecular flexibility index (Phi) is 7.88. The first kappa shape index (κ1) is 23.5. The van der Waals surface area contributed by atoms with E-state index in [-0.39, 0.29) is 26.5 Å². The molecule has 3 rings (SSSR count). The van der Waals surface area contributed by atoms with Gasteiger partial charge in [-0.15, -0.1) is 0 Å². The van der Waals surface area contributed by atoms with Crippen LogP contribution in [0.4, 0.5) is 5.69 Å². The summed E-state index contributed by atoms with van der Waals surface area (Å²) in [7, 11) is -3.65. The van der Waals surface area contributed by atoms with Gasteiger partial charge >= 0.3 is 5.97 Å². The van der Waals surface area contributed by atoms with Crippen molar-refractivity contribution >= 4 is 50.8 Å². The van der Waals surface area contributed by atoms with Gasteiger partial charge in [0.1, 0.15) is 5.15 Å². The van der Waals surface area contributed by atoms with Crippen LogP contribution in [-0.4, -0.2) is 49.3 Å². The average molecular weight is 486 g/mol. The first-order valence-corrected chi connectivity index (χ1v) is 11.9. The largest absolute Gasteiger partial charge is 0.451 e. The third-order valence-electron chi connectivity index (χ3n) is 4.66. The summed E-state index contributed by atoms with van der Waals surface area (Å²) in [5, 5.41) is 2.63. The minimum atomic E-state index is -3.65. The van der Waals surface area contributed by atoms with E-state index in [0.717, 1.165) is 25.7 Å². The number of ether oxygens (including phenoxy) is 1. The lowest BCUT2D eigenvalue weighted by Crippen LogP contribution is -2.32. The van der Waals surface area contributed by atoms with Gasteiger partial charge in [0.2, 0.25) is 10.0 Å². The molecular formula is C20H21Cl2N3O5S. The van der Waals surface area contributed by atoms with Crippen molar-refractivity contribution in [2.75, 3.05) is 25.0 Å². The Bertz CT molecular complexity index is 1070. The first-order chi connectivity index (χ1) is 14.8. The summed E-state index contributed by atoms with van der Waals surface area (Å²) in [6, 6.07) is 8.78. The SMILES string of the molecule is O=C(COC(=O)c1nc(Cl)ccc1Cl)Nc1cccc(S(=O)(=O)N2CCCCCC2)c1. The second-order valence-electron chi connectivity index (χ2n) is 6.93. The molecule has 0 saturated carbocycles.